The third-order valence-corrected chi connectivity index (χ3v) is 2.71. The van der Waals surface area contributed by atoms with E-state index in [9.17, 15) is 0 Å². The molecule has 0 unspecified atom stereocenters. The van der Waals surface area contributed by atoms with Gasteiger partial charge in [0.05, 0.1) is 0 Å². The minimum absolute atomic E-state index is 0.844. The Labute approximate surface area is 109 Å². The molecule has 0 bridgehead atoms. The second-order valence-electron chi connectivity index (χ2n) is 3.81. The van der Waals surface area contributed by atoms with Crippen LogP contribution in [0.15, 0.2) is 36.8 Å². The molecule has 3 nitrogen and oxygen atoms in total. The Kier molecular flexibility index (Phi) is 5.71. The Morgan fingerprint density at radius 2 is 2.17 bits per heavy atom. The first-order valence-corrected chi connectivity index (χ1v) is 6.08. The van der Waals surface area contributed by atoms with E-state index in [4.69, 9.17) is 0 Å². The van der Waals surface area contributed by atoms with Crippen LogP contribution >= 0.6 is 0 Å². The maximum Gasteiger partial charge on any atom is 0.126 e. The van der Waals surface area contributed by atoms with E-state index in [1.807, 2.05) is 33.2 Å². The SMILES string of the molecule is C=CN/C(=C\C)C/C=c1/cc(NC)nc/c1=C/C. The molecule has 0 fully saturated rings. The van der Waals surface area contributed by atoms with Crippen molar-refractivity contribution in [1.82, 2.24) is 10.3 Å². The van der Waals surface area contributed by atoms with E-state index in [1.165, 1.54) is 5.22 Å². The van der Waals surface area contributed by atoms with Crippen LogP contribution in [0.2, 0.25) is 0 Å². The van der Waals surface area contributed by atoms with Gasteiger partial charge in [-0.25, -0.2) is 4.98 Å². The maximum absolute atomic E-state index is 4.30. The molecular weight excluding hydrogens is 222 g/mol. The van der Waals surface area contributed by atoms with Gasteiger partial charge in [0.2, 0.25) is 0 Å². The van der Waals surface area contributed by atoms with Crippen molar-refractivity contribution in [3.8, 4) is 0 Å². The third-order valence-electron chi connectivity index (χ3n) is 2.71. The summed E-state index contributed by atoms with van der Waals surface area (Å²) in [6.07, 6.45) is 10.7. The molecule has 1 rings (SSSR count). The van der Waals surface area contributed by atoms with E-state index in [1.54, 1.807) is 6.20 Å². The van der Waals surface area contributed by atoms with Gasteiger partial charge in [-0.15, -0.1) is 0 Å². The summed E-state index contributed by atoms with van der Waals surface area (Å²) >= 11 is 0. The fourth-order valence-electron chi connectivity index (χ4n) is 1.65. The predicted octanol–water partition coefficient (Wildman–Crippen LogP) is 1.73. The molecule has 0 aromatic carbocycles. The monoisotopic (exact) mass is 243 g/mol. The van der Waals surface area contributed by atoms with Gasteiger partial charge in [0.25, 0.3) is 0 Å². The molecule has 96 valence electrons. The fourth-order valence-corrected chi connectivity index (χ4v) is 1.65. The number of aromatic nitrogens is 1. The molecule has 0 aliphatic rings. The smallest absolute Gasteiger partial charge is 0.126 e. The van der Waals surface area contributed by atoms with E-state index in [2.05, 4.69) is 40.4 Å². The zero-order chi connectivity index (χ0) is 13.4. The van der Waals surface area contributed by atoms with Crippen LogP contribution in [0.1, 0.15) is 20.3 Å². The molecule has 18 heavy (non-hydrogen) atoms. The van der Waals surface area contributed by atoms with Gasteiger partial charge in [0, 0.05) is 25.4 Å². The summed E-state index contributed by atoms with van der Waals surface area (Å²) in [7, 11) is 1.87. The highest BCUT2D eigenvalue weighted by molar-refractivity contribution is 5.41. The lowest BCUT2D eigenvalue weighted by Gasteiger charge is -2.03. The molecule has 1 aromatic heterocycles. The van der Waals surface area contributed by atoms with Gasteiger partial charge in [0.1, 0.15) is 5.82 Å². The van der Waals surface area contributed by atoms with Gasteiger partial charge in [0.15, 0.2) is 0 Å². The minimum Gasteiger partial charge on any atom is -0.373 e. The summed E-state index contributed by atoms with van der Waals surface area (Å²) < 4.78 is 0. The van der Waals surface area contributed by atoms with Crippen molar-refractivity contribution in [2.24, 2.45) is 0 Å². The number of rotatable bonds is 5. The Balaban J connectivity index is 3.11. The van der Waals surface area contributed by atoms with Crippen molar-refractivity contribution in [2.45, 2.75) is 20.3 Å². The van der Waals surface area contributed by atoms with Gasteiger partial charge >= 0.3 is 0 Å². The average Bonchev–Trinajstić information content (AvgIpc) is 2.43. The van der Waals surface area contributed by atoms with Crippen molar-refractivity contribution in [3.05, 3.63) is 47.3 Å². The summed E-state index contributed by atoms with van der Waals surface area (Å²) in [4.78, 5) is 4.30. The topological polar surface area (TPSA) is 37.0 Å². The highest BCUT2D eigenvalue weighted by Crippen LogP contribution is 1.98. The molecule has 0 amide bonds. The lowest BCUT2D eigenvalue weighted by atomic mass is 10.2. The number of allylic oxidation sites excluding steroid dienone is 2. The lowest BCUT2D eigenvalue weighted by molar-refractivity contribution is 1.01. The number of nitrogens with one attached hydrogen (secondary N) is 2. The molecule has 2 N–H and O–H groups in total. The largest absolute Gasteiger partial charge is 0.373 e. The molecule has 3 heteroatoms. The van der Waals surface area contributed by atoms with Crippen LogP contribution in [0.5, 0.6) is 0 Å². The Morgan fingerprint density at radius 1 is 1.39 bits per heavy atom. The van der Waals surface area contributed by atoms with Crippen LogP contribution in [0.4, 0.5) is 5.82 Å². The first kappa shape index (κ1) is 14.0. The highest BCUT2D eigenvalue weighted by Gasteiger charge is 1.93. The van der Waals surface area contributed by atoms with Crippen LogP contribution in [0.25, 0.3) is 12.2 Å². The van der Waals surface area contributed by atoms with E-state index >= 15 is 0 Å². The first-order chi connectivity index (χ1) is 8.74. The molecule has 0 saturated carbocycles. The predicted molar refractivity (Wildman–Crippen MR) is 79.3 cm³/mol. The standard InChI is InChI=1S/C15H21N3/c1-5-12-11-18-15(16-4)10-13(12)8-9-14(6-2)17-7-3/h5-8,10-11,16-17H,3,9H2,1-2,4H3/b12-5-,13-8-,14-6-. The maximum atomic E-state index is 4.30. The molecule has 1 heterocycles. The van der Waals surface area contributed by atoms with Crippen LogP contribution in [-0.2, 0) is 0 Å². The van der Waals surface area contributed by atoms with Crippen molar-refractivity contribution in [3.63, 3.8) is 0 Å². The molecular formula is C15H21N3. The van der Waals surface area contributed by atoms with E-state index in [0.29, 0.717) is 0 Å². The fraction of sp³-hybridized carbons (Fsp3) is 0.267. The number of nitrogens with zero attached hydrogens (tertiary/aromatic N) is 1. The average molecular weight is 243 g/mol. The van der Waals surface area contributed by atoms with Crippen molar-refractivity contribution < 1.29 is 0 Å². The van der Waals surface area contributed by atoms with Crippen LogP contribution in [0, 0.1) is 0 Å². The summed E-state index contributed by atoms with van der Waals surface area (Å²) in [6, 6.07) is 2.05. The van der Waals surface area contributed by atoms with Gasteiger partial charge in [-0.05, 0) is 36.6 Å². The second kappa shape index (κ2) is 7.33. The quantitative estimate of drug-likeness (QED) is 0.827. The van der Waals surface area contributed by atoms with Crippen LogP contribution in [0.3, 0.4) is 0 Å². The van der Waals surface area contributed by atoms with Crippen molar-refractivity contribution in [2.75, 3.05) is 12.4 Å². The number of anilines is 1. The normalized spacial score (nSPS) is 13.6. The molecule has 0 radical (unpaired) electrons. The van der Waals surface area contributed by atoms with Gasteiger partial charge in [-0.2, -0.15) is 0 Å². The van der Waals surface area contributed by atoms with Crippen molar-refractivity contribution >= 4 is 18.0 Å². The summed E-state index contributed by atoms with van der Waals surface area (Å²) in [5, 5.41) is 8.50. The summed E-state index contributed by atoms with van der Waals surface area (Å²) in [6.45, 7) is 7.70. The zero-order valence-electron chi connectivity index (χ0n) is 11.3. The molecule has 0 saturated heterocycles. The Bertz CT molecular complexity index is 541. The Morgan fingerprint density at radius 3 is 2.72 bits per heavy atom. The lowest BCUT2D eigenvalue weighted by Crippen LogP contribution is -2.25. The van der Waals surface area contributed by atoms with Gasteiger partial charge in [-0.3, -0.25) is 0 Å². The molecule has 0 aliphatic heterocycles. The zero-order valence-corrected chi connectivity index (χ0v) is 11.3. The number of hydrogen-bond donors (Lipinski definition) is 2. The van der Waals surface area contributed by atoms with E-state index < -0.39 is 0 Å². The van der Waals surface area contributed by atoms with Crippen LogP contribution in [-0.4, -0.2) is 12.0 Å². The van der Waals surface area contributed by atoms with Gasteiger partial charge in [-0.1, -0.05) is 24.8 Å². The Hall–Kier alpha value is -2.03. The minimum atomic E-state index is 0.844. The number of hydrogen-bond acceptors (Lipinski definition) is 3. The second-order valence-corrected chi connectivity index (χ2v) is 3.81. The summed E-state index contributed by atoms with van der Waals surface area (Å²) in [5.74, 6) is 0.880. The highest BCUT2D eigenvalue weighted by atomic mass is 14.9. The summed E-state index contributed by atoms with van der Waals surface area (Å²) in [5.41, 5.74) is 1.13. The molecule has 0 spiro atoms. The molecule has 1 aromatic rings. The molecule has 0 atom stereocenters. The first-order valence-electron chi connectivity index (χ1n) is 6.08. The van der Waals surface area contributed by atoms with E-state index in [-0.39, 0.29) is 0 Å². The third kappa shape index (κ3) is 3.77. The van der Waals surface area contributed by atoms with Crippen molar-refractivity contribution in [1.29, 1.82) is 0 Å². The van der Waals surface area contributed by atoms with E-state index in [0.717, 1.165) is 23.2 Å². The van der Waals surface area contributed by atoms with Gasteiger partial charge < -0.3 is 10.6 Å². The molecule has 0 aliphatic carbocycles. The van der Waals surface area contributed by atoms with Crippen LogP contribution < -0.4 is 21.1 Å². The number of pyridine rings is 1.